The first kappa shape index (κ1) is 11.8. The van der Waals surface area contributed by atoms with Crippen molar-refractivity contribution < 1.29 is 9.15 Å². The van der Waals surface area contributed by atoms with Crippen LogP contribution in [0.5, 0.6) is 0 Å². The fourth-order valence-corrected chi connectivity index (χ4v) is 2.48. The van der Waals surface area contributed by atoms with E-state index in [4.69, 9.17) is 9.15 Å². The molecular weight excluding hydrogens is 226 g/mol. The zero-order valence-corrected chi connectivity index (χ0v) is 10.9. The molecule has 2 atom stereocenters. The zero-order chi connectivity index (χ0) is 12.6. The number of hydrogen-bond acceptors (Lipinski definition) is 3. The first-order valence-corrected chi connectivity index (χ1v) is 6.51. The molecule has 2 unspecified atom stereocenters. The van der Waals surface area contributed by atoms with Crippen LogP contribution in [-0.2, 0) is 11.3 Å². The van der Waals surface area contributed by atoms with Gasteiger partial charge in [0.15, 0.2) is 0 Å². The molecule has 2 heterocycles. The SMILES string of the molecule is CC1OCCC1(C)NCc1cc2ccccc2o1. The molecule has 1 saturated heterocycles. The van der Waals surface area contributed by atoms with Gasteiger partial charge in [0.1, 0.15) is 11.3 Å². The molecule has 0 aliphatic carbocycles. The third-order valence-corrected chi connectivity index (χ3v) is 4.03. The maximum absolute atomic E-state index is 5.80. The monoisotopic (exact) mass is 245 g/mol. The lowest BCUT2D eigenvalue weighted by atomic mass is 9.95. The maximum Gasteiger partial charge on any atom is 0.134 e. The Kier molecular flexibility index (Phi) is 2.88. The van der Waals surface area contributed by atoms with Crippen LogP contribution < -0.4 is 5.32 Å². The van der Waals surface area contributed by atoms with E-state index in [0.717, 1.165) is 36.3 Å². The van der Waals surface area contributed by atoms with E-state index in [2.05, 4.69) is 31.3 Å². The summed E-state index contributed by atoms with van der Waals surface area (Å²) in [5.41, 5.74) is 1.01. The molecule has 2 aromatic rings. The minimum absolute atomic E-state index is 0.0545. The molecule has 1 aliphatic heterocycles. The number of hydrogen-bond donors (Lipinski definition) is 1. The van der Waals surface area contributed by atoms with E-state index in [1.807, 2.05) is 18.2 Å². The summed E-state index contributed by atoms with van der Waals surface area (Å²) in [5.74, 6) is 0.983. The van der Waals surface area contributed by atoms with Crippen LogP contribution in [0.25, 0.3) is 11.0 Å². The summed E-state index contributed by atoms with van der Waals surface area (Å²) >= 11 is 0. The molecule has 1 fully saturated rings. The molecule has 18 heavy (non-hydrogen) atoms. The predicted molar refractivity (Wildman–Crippen MR) is 71.5 cm³/mol. The molecule has 3 nitrogen and oxygen atoms in total. The molecule has 3 rings (SSSR count). The number of furan rings is 1. The molecule has 1 aromatic heterocycles. The van der Waals surface area contributed by atoms with Crippen LogP contribution in [-0.4, -0.2) is 18.2 Å². The summed E-state index contributed by atoms with van der Waals surface area (Å²) in [4.78, 5) is 0. The average Bonchev–Trinajstić information content (AvgIpc) is 2.92. The Hall–Kier alpha value is -1.32. The van der Waals surface area contributed by atoms with Crippen molar-refractivity contribution >= 4 is 11.0 Å². The second-order valence-corrected chi connectivity index (χ2v) is 5.28. The first-order valence-electron chi connectivity index (χ1n) is 6.51. The second kappa shape index (κ2) is 4.41. The van der Waals surface area contributed by atoms with Gasteiger partial charge in [0.25, 0.3) is 0 Å². The van der Waals surface area contributed by atoms with Crippen molar-refractivity contribution in [3.05, 3.63) is 36.1 Å². The summed E-state index contributed by atoms with van der Waals surface area (Å²) < 4.78 is 11.4. The summed E-state index contributed by atoms with van der Waals surface area (Å²) in [7, 11) is 0. The predicted octanol–water partition coefficient (Wildman–Crippen LogP) is 3.09. The molecule has 1 aliphatic rings. The van der Waals surface area contributed by atoms with Gasteiger partial charge in [0.05, 0.1) is 12.6 Å². The van der Waals surface area contributed by atoms with E-state index in [1.165, 1.54) is 0 Å². The third-order valence-electron chi connectivity index (χ3n) is 4.03. The third kappa shape index (κ3) is 2.04. The van der Waals surface area contributed by atoms with Gasteiger partial charge in [0, 0.05) is 17.5 Å². The van der Waals surface area contributed by atoms with Gasteiger partial charge >= 0.3 is 0 Å². The van der Waals surface area contributed by atoms with Gasteiger partial charge in [0.2, 0.25) is 0 Å². The molecule has 1 N–H and O–H groups in total. The Labute approximate surface area is 107 Å². The van der Waals surface area contributed by atoms with Crippen molar-refractivity contribution in [3.63, 3.8) is 0 Å². The van der Waals surface area contributed by atoms with Crippen molar-refractivity contribution in [1.82, 2.24) is 5.32 Å². The summed E-state index contributed by atoms with van der Waals surface area (Å²) in [6.07, 6.45) is 1.30. The molecule has 0 radical (unpaired) electrons. The number of rotatable bonds is 3. The van der Waals surface area contributed by atoms with Crippen molar-refractivity contribution in [2.75, 3.05) is 6.61 Å². The fraction of sp³-hybridized carbons (Fsp3) is 0.467. The molecule has 0 spiro atoms. The minimum Gasteiger partial charge on any atom is -0.460 e. The van der Waals surface area contributed by atoms with Gasteiger partial charge < -0.3 is 14.5 Å². The van der Waals surface area contributed by atoms with Gasteiger partial charge in [-0.05, 0) is 32.4 Å². The Bertz CT molecular complexity index is 515. The number of fused-ring (bicyclic) bond motifs is 1. The van der Waals surface area contributed by atoms with Crippen LogP contribution in [0.15, 0.2) is 34.7 Å². The van der Waals surface area contributed by atoms with Gasteiger partial charge in [-0.3, -0.25) is 0 Å². The number of benzene rings is 1. The van der Waals surface area contributed by atoms with Crippen LogP contribution in [0, 0.1) is 0 Å². The standard InChI is InChI=1S/C15H19NO2/c1-11-15(2,7-8-17-11)16-10-13-9-12-5-3-4-6-14(12)18-13/h3-6,9,11,16H,7-8,10H2,1-2H3. The number of para-hydroxylation sites is 1. The number of ether oxygens (including phenoxy) is 1. The van der Waals surface area contributed by atoms with Crippen molar-refractivity contribution in [3.8, 4) is 0 Å². The summed E-state index contributed by atoms with van der Waals surface area (Å²) in [6.45, 7) is 5.93. The lowest BCUT2D eigenvalue weighted by molar-refractivity contribution is 0.0875. The van der Waals surface area contributed by atoms with Crippen LogP contribution in [0.1, 0.15) is 26.0 Å². The van der Waals surface area contributed by atoms with E-state index in [-0.39, 0.29) is 11.6 Å². The highest BCUT2D eigenvalue weighted by Gasteiger charge is 2.36. The second-order valence-electron chi connectivity index (χ2n) is 5.28. The summed E-state index contributed by atoms with van der Waals surface area (Å²) in [6, 6.07) is 10.2. The molecule has 96 valence electrons. The molecular formula is C15H19NO2. The first-order chi connectivity index (χ1) is 8.67. The molecule has 0 bridgehead atoms. The largest absolute Gasteiger partial charge is 0.460 e. The number of nitrogens with one attached hydrogen (secondary N) is 1. The lowest BCUT2D eigenvalue weighted by Gasteiger charge is -2.28. The van der Waals surface area contributed by atoms with E-state index in [0.29, 0.717) is 0 Å². The maximum atomic E-state index is 5.80. The summed E-state index contributed by atoms with van der Waals surface area (Å²) in [5, 5.41) is 4.73. The quantitative estimate of drug-likeness (QED) is 0.902. The smallest absolute Gasteiger partial charge is 0.134 e. The van der Waals surface area contributed by atoms with Crippen molar-refractivity contribution in [2.24, 2.45) is 0 Å². The molecule has 3 heteroatoms. The lowest BCUT2D eigenvalue weighted by Crippen LogP contribution is -2.47. The Morgan fingerprint density at radius 1 is 1.39 bits per heavy atom. The highest BCUT2D eigenvalue weighted by molar-refractivity contribution is 5.77. The average molecular weight is 245 g/mol. The Morgan fingerprint density at radius 3 is 2.94 bits per heavy atom. The molecule has 1 aromatic carbocycles. The van der Waals surface area contributed by atoms with Gasteiger partial charge in [-0.25, -0.2) is 0 Å². The van der Waals surface area contributed by atoms with E-state index >= 15 is 0 Å². The molecule has 0 amide bonds. The van der Waals surface area contributed by atoms with Gasteiger partial charge in [-0.2, -0.15) is 0 Å². The minimum atomic E-state index is 0.0545. The Morgan fingerprint density at radius 2 is 2.22 bits per heavy atom. The van der Waals surface area contributed by atoms with Crippen LogP contribution in [0.2, 0.25) is 0 Å². The van der Waals surface area contributed by atoms with Crippen LogP contribution >= 0.6 is 0 Å². The normalized spacial score (nSPS) is 28.0. The van der Waals surface area contributed by atoms with Crippen molar-refractivity contribution in [2.45, 2.75) is 38.5 Å². The van der Waals surface area contributed by atoms with Crippen molar-refractivity contribution in [1.29, 1.82) is 0 Å². The highest BCUT2D eigenvalue weighted by atomic mass is 16.5. The highest BCUT2D eigenvalue weighted by Crippen LogP contribution is 2.26. The van der Waals surface area contributed by atoms with Gasteiger partial charge in [-0.15, -0.1) is 0 Å². The van der Waals surface area contributed by atoms with Crippen LogP contribution in [0.4, 0.5) is 0 Å². The van der Waals surface area contributed by atoms with E-state index < -0.39 is 0 Å². The van der Waals surface area contributed by atoms with Gasteiger partial charge in [-0.1, -0.05) is 18.2 Å². The van der Waals surface area contributed by atoms with E-state index in [1.54, 1.807) is 0 Å². The molecule has 0 saturated carbocycles. The van der Waals surface area contributed by atoms with Crippen LogP contribution in [0.3, 0.4) is 0 Å². The zero-order valence-electron chi connectivity index (χ0n) is 10.9. The van der Waals surface area contributed by atoms with E-state index in [9.17, 15) is 0 Å². The Balaban J connectivity index is 1.73. The topological polar surface area (TPSA) is 34.4 Å². The fourth-order valence-electron chi connectivity index (χ4n) is 2.48.